The van der Waals surface area contributed by atoms with Crippen LogP contribution in [0.15, 0.2) is 57.0 Å². The number of benzene rings is 2. The van der Waals surface area contributed by atoms with Crippen molar-refractivity contribution in [2.75, 3.05) is 42.9 Å². The molecule has 5 rings (SSSR count). The van der Waals surface area contributed by atoms with Gasteiger partial charge in [-0.1, -0.05) is 13.0 Å². The molecular weight excluding hydrogens is 671 g/mol. The number of rotatable bonds is 13. The molecule has 0 radical (unpaired) electrons. The maximum Gasteiger partial charge on any atom is 0.341 e. The van der Waals surface area contributed by atoms with Gasteiger partial charge in [-0.05, 0) is 75.0 Å². The first-order chi connectivity index (χ1) is 23.7. The molecule has 1 fully saturated rings. The Morgan fingerprint density at radius 1 is 0.960 bits per heavy atom. The molecule has 2 aromatic heterocycles. The van der Waals surface area contributed by atoms with Gasteiger partial charge in [0.15, 0.2) is 5.88 Å². The molecule has 2 aromatic carbocycles. The second-order valence-electron chi connectivity index (χ2n) is 12.4. The summed E-state index contributed by atoms with van der Waals surface area (Å²) in [5.74, 6) is -3.05. The van der Waals surface area contributed by atoms with Gasteiger partial charge >= 0.3 is 11.7 Å². The monoisotopic (exact) mass is 712 g/mol. The molecule has 3 heterocycles. The van der Waals surface area contributed by atoms with Gasteiger partial charge in [-0.15, -0.1) is 0 Å². The van der Waals surface area contributed by atoms with Gasteiger partial charge in [-0.2, -0.15) is 8.42 Å². The first-order valence-corrected chi connectivity index (χ1v) is 18.0. The van der Waals surface area contributed by atoms with Crippen molar-refractivity contribution in [3.63, 3.8) is 0 Å². The van der Waals surface area contributed by atoms with Crippen molar-refractivity contribution in [3.8, 4) is 0 Å². The minimum absolute atomic E-state index is 0.0122. The summed E-state index contributed by atoms with van der Waals surface area (Å²) in [6, 6.07) is 9.33. The lowest BCUT2D eigenvalue weighted by molar-refractivity contribution is 0.0694. The van der Waals surface area contributed by atoms with E-state index in [0.29, 0.717) is 69.0 Å². The van der Waals surface area contributed by atoms with Crippen LogP contribution in [0.5, 0.6) is 0 Å². The summed E-state index contributed by atoms with van der Waals surface area (Å²) >= 11 is 0. The smallest absolute Gasteiger partial charge is 0.341 e. The molecule has 0 unspecified atom stereocenters. The fourth-order valence-electron chi connectivity index (χ4n) is 6.36. The SMILES string of the molecule is CCc1cc(Nc2cc(=O)n(CCCCN3CCN(c4cc5c(cc4F)c(=O)c(C(=O)O)cn5CC)CC3)c(=O)n2CS(=O)(=O)O)ccc1C. The number of carbonyl (C=O) groups is 1. The molecule has 4 aromatic rings. The van der Waals surface area contributed by atoms with Crippen LogP contribution in [-0.2, 0) is 35.5 Å². The van der Waals surface area contributed by atoms with E-state index in [1.807, 2.05) is 37.8 Å². The van der Waals surface area contributed by atoms with Crippen LogP contribution in [0.2, 0.25) is 0 Å². The molecule has 0 saturated carbocycles. The fraction of sp³-hybridized carbons (Fsp3) is 0.412. The van der Waals surface area contributed by atoms with Crippen LogP contribution in [0, 0.1) is 12.7 Å². The van der Waals surface area contributed by atoms with E-state index >= 15 is 4.39 Å². The Hall–Kier alpha value is -4.80. The molecule has 1 saturated heterocycles. The molecule has 0 spiro atoms. The summed E-state index contributed by atoms with van der Waals surface area (Å²) in [7, 11) is -4.62. The van der Waals surface area contributed by atoms with Crippen molar-refractivity contribution < 1.29 is 27.3 Å². The van der Waals surface area contributed by atoms with E-state index in [1.165, 1.54) is 6.20 Å². The highest BCUT2D eigenvalue weighted by molar-refractivity contribution is 7.84. The normalized spacial score (nSPS) is 14.0. The van der Waals surface area contributed by atoms with Gasteiger partial charge < -0.3 is 19.9 Å². The van der Waals surface area contributed by atoms with Gasteiger partial charge in [0.25, 0.3) is 15.7 Å². The van der Waals surface area contributed by atoms with Gasteiger partial charge in [0.1, 0.15) is 17.2 Å². The average Bonchev–Trinajstić information content (AvgIpc) is 3.06. The van der Waals surface area contributed by atoms with Crippen LogP contribution in [0.1, 0.15) is 48.2 Å². The maximum absolute atomic E-state index is 15.3. The molecular formula is C34H41FN6O8S. The molecule has 0 bridgehead atoms. The molecule has 14 nitrogen and oxygen atoms in total. The first-order valence-electron chi connectivity index (χ1n) is 16.4. The third-order valence-corrected chi connectivity index (χ3v) is 9.70. The highest BCUT2D eigenvalue weighted by Gasteiger charge is 2.23. The highest BCUT2D eigenvalue weighted by Crippen LogP contribution is 2.27. The quantitative estimate of drug-likeness (QED) is 0.137. The van der Waals surface area contributed by atoms with Crippen molar-refractivity contribution in [2.24, 2.45) is 0 Å². The Morgan fingerprint density at radius 2 is 1.66 bits per heavy atom. The summed E-state index contributed by atoms with van der Waals surface area (Å²) in [6.45, 7) is 9.05. The lowest BCUT2D eigenvalue weighted by Crippen LogP contribution is -2.47. The average molecular weight is 713 g/mol. The van der Waals surface area contributed by atoms with E-state index < -0.39 is 50.0 Å². The van der Waals surface area contributed by atoms with E-state index in [1.54, 1.807) is 16.7 Å². The number of aromatic nitrogens is 3. The number of pyridine rings is 1. The second kappa shape index (κ2) is 15.0. The topological polar surface area (TPSA) is 176 Å². The second-order valence-corrected chi connectivity index (χ2v) is 13.8. The lowest BCUT2D eigenvalue weighted by Gasteiger charge is -2.36. The molecule has 3 N–H and O–H groups in total. The van der Waals surface area contributed by atoms with E-state index in [2.05, 4.69) is 10.2 Å². The van der Waals surface area contributed by atoms with E-state index in [-0.39, 0.29) is 17.7 Å². The van der Waals surface area contributed by atoms with E-state index in [9.17, 15) is 37.3 Å². The predicted octanol–water partition coefficient (Wildman–Crippen LogP) is 3.24. The first kappa shape index (κ1) is 36.5. The van der Waals surface area contributed by atoms with Gasteiger partial charge in [0.2, 0.25) is 5.43 Å². The molecule has 0 aliphatic carbocycles. The van der Waals surface area contributed by atoms with Crippen molar-refractivity contribution in [2.45, 2.75) is 59.0 Å². The Morgan fingerprint density at radius 3 is 2.30 bits per heavy atom. The number of carboxylic acid groups (broad SMARTS) is 1. The number of aromatic carboxylic acids is 1. The van der Waals surface area contributed by atoms with Crippen molar-refractivity contribution in [1.82, 2.24) is 18.6 Å². The number of carboxylic acids is 1. The maximum atomic E-state index is 15.3. The third-order valence-electron chi connectivity index (χ3n) is 9.11. The van der Waals surface area contributed by atoms with Crippen LogP contribution in [0.4, 0.5) is 21.6 Å². The van der Waals surface area contributed by atoms with Crippen LogP contribution >= 0.6 is 0 Å². The number of nitrogens with zero attached hydrogens (tertiary/aromatic N) is 5. The van der Waals surface area contributed by atoms with Gasteiger partial charge in [0, 0.05) is 62.6 Å². The third kappa shape index (κ3) is 7.98. The zero-order chi connectivity index (χ0) is 36.3. The number of aryl methyl sites for hydroxylation is 3. The Kier molecular flexibility index (Phi) is 10.9. The van der Waals surface area contributed by atoms with Gasteiger partial charge in [-0.3, -0.25) is 28.2 Å². The zero-order valence-electron chi connectivity index (χ0n) is 28.2. The molecule has 1 aliphatic heterocycles. The number of anilines is 3. The largest absolute Gasteiger partial charge is 0.477 e. The molecule has 0 atom stereocenters. The summed E-state index contributed by atoms with van der Waals surface area (Å²) < 4.78 is 51.9. The summed E-state index contributed by atoms with van der Waals surface area (Å²) in [6.07, 6.45) is 3.09. The molecule has 1 aliphatic rings. The number of nitrogens with one attached hydrogen (secondary N) is 1. The van der Waals surface area contributed by atoms with Crippen LogP contribution in [-0.4, -0.2) is 75.4 Å². The molecule has 16 heteroatoms. The Bertz CT molecular complexity index is 2220. The lowest BCUT2D eigenvalue weighted by atomic mass is 10.1. The standard InChI is InChI=1S/C34H41FN6O8S/c1-4-23-16-24(9-8-22(23)3)36-30-19-31(42)40(34(46)41(30)21-50(47,48)49)11-7-6-10-37-12-14-39(15-13-37)29-18-28-25(17-27(29)35)32(43)26(33(44)45)20-38(28)5-2/h8-9,16-20,36H,4-7,10-15,21H2,1-3H3,(H,44,45)(H,47,48,49). The van der Waals surface area contributed by atoms with Crippen molar-refractivity contribution in [3.05, 3.63) is 96.2 Å². The number of fused-ring (bicyclic) bond motifs is 1. The summed E-state index contributed by atoms with van der Waals surface area (Å²) in [4.78, 5) is 54.7. The minimum atomic E-state index is -4.62. The summed E-state index contributed by atoms with van der Waals surface area (Å²) in [5.41, 5.74) is 0.837. The van der Waals surface area contributed by atoms with Gasteiger partial charge in [0.05, 0.1) is 11.2 Å². The van der Waals surface area contributed by atoms with Crippen LogP contribution in [0.3, 0.4) is 0 Å². The molecule has 50 heavy (non-hydrogen) atoms. The van der Waals surface area contributed by atoms with Gasteiger partial charge in [-0.25, -0.2) is 14.0 Å². The number of piperazine rings is 1. The fourth-order valence-corrected chi connectivity index (χ4v) is 6.94. The molecule has 268 valence electrons. The minimum Gasteiger partial charge on any atom is -0.477 e. The van der Waals surface area contributed by atoms with Crippen LogP contribution in [0.25, 0.3) is 10.9 Å². The highest BCUT2D eigenvalue weighted by atomic mass is 32.2. The number of hydrogen-bond donors (Lipinski definition) is 3. The number of hydrogen-bond acceptors (Lipinski definition) is 9. The Labute approximate surface area is 287 Å². The number of unbranched alkanes of at least 4 members (excludes halogenated alkanes) is 1. The van der Waals surface area contributed by atoms with Crippen molar-refractivity contribution >= 4 is 44.2 Å². The number of halogens is 1. The van der Waals surface area contributed by atoms with E-state index in [0.717, 1.165) is 38.8 Å². The predicted molar refractivity (Wildman–Crippen MR) is 189 cm³/mol. The van der Waals surface area contributed by atoms with Crippen LogP contribution < -0.4 is 26.9 Å². The Balaban J connectivity index is 1.23. The van der Waals surface area contributed by atoms with Crippen molar-refractivity contribution in [1.29, 1.82) is 0 Å². The summed E-state index contributed by atoms with van der Waals surface area (Å²) in [5, 5.41) is 12.4. The molecule has 0 amide bonds. The van der Waals surface area contributed by atoms with E-state index in [4.69, 9.17) is 0 Å². The zero-order valence-corrected chi connectivity index (χ0v) is 29.0.